The first-order valence-corrected chi connectivity index (χ1v) is 9.83. The molecule has 1 rings (SSSR count). The minimum absolute atomic E-state index is 0.0595. The van der Waals surface area contributed by atoms with Gasteiger partial charge in [0.2, 0.25) is 0 Å². The van der Waals surface area contributed by atoms with E-state index < -0.39 is 19.9 Å². The van der Waals surface area contributed by atoms with E-state index in [1.807, 2.05) is 0 Å². The number of nitrogens with zero attached hydrogens (tertiary/aromatic N) is 1. The van der Waals surface area contributed by atoms with Crippen LogP contribution in [-0.2, 0) is 26.4 Å². The van der Waals surface area contributed by atoms with Crippen LogP contribution in [0, 0.1) is 6.92 Å². The van der Waals surface area contributed by atoms with Crippen LogP contribution in [0.4, 0.5) is 0 Å². The Balaban J connectivity index is 2.96. The summed E-state index contributed by atoms with van der Waals surface area (Å²) in [7, 11) is -5.46. The third kappa shape index (κ3) is 4.25. The van der Waals surface area contributed by atoms with Crippen molar-refractivity contribution in [2.24, 2.45) is 5.73 Å². The van der Waals surface area contributed by atoms with Crippen LogP contribution >= 0.6 is 11.3 Å². The van der Waals surface area contributed by atoms with Gasteiger partial charge in [-0.15, -0.1) is 11.3 Å². The van der Waals surface area contributed by atoms with Gasteiger partial charge in [0.15, 0.2) is 0 Å². The van der Waals surface area contributed by atoms with Crippen LogP contribution < -0.4 is 5.73 Å². The maximum atomic E-state index is 12.2. The Hall–Kier alpha value is -0.480. The van der Waals surface area contributed by atoms with Gasteiger partial charge in [-0.25, -0.2) is 16.8 Å². The third-order valence-corrected chi connectivity index (χ3v) is 7.11. The minimum atomic E-state index is -3.64. The highest BCUT2D eigenvalue weighted by atomic mass is 32.2. The molecule has 9 heteroatoms. The summed E-state index contributed by atoms with van der Waals surface area (Å²) in [5.74, 6) is -0.198. The molecule has 0 bridgehead atoms. The number of sulfonamides is 1. The molecule has 2 N–H and O–H groups in total. The van der Waals surface area contributed by atoms with Gasteiger partial charge in [-0.2, -0.15) is 4.31 Å². The van der Waals surface area contributed by atoms with E-state index in [0.717, 1.165) is 32.3 Å². The first-order valence-electron chi connectivity index (χ1n) is 5.51. The predicted octanol–water partition coefficient (Wildman–Crippen LogP) is 0.180. The topological polar surface area (TPSA) is 97.5 Å². The smallest absolute Gasteiger partial charge is 0.252 e. The van der Waals surface area contributed by atoms with Crippen molar-refractivity contribution in [3.05, 3.63) is 16.5 Å². The van der Waals surface area contributed by atoms with Crippen molar-refractivity contribution >= 4 is 31.2 Å². The average Bonchev–Trinajstić information content (AvgIpc) is 2.66. The van der Waals surface area contributed by atoms with E-state index >= 15 is 0 Å². The molecule has 19 heavy (non-hydrogen) atoms. The van der Waals surface area contributed by atoms with Crippen LogP contribution in [0.3, 0.4) is 0 Å². The molecule has 0 amide bonds. The Morgan fingerprint density at radius 3 is 2.32 bits per heavy atom. The van der Waals surface area contributed by atoms with E-state index in [9.17, 15) is 16.8 Å². The second-order valence-corrected chi connectivity index (χ2v) is 10.0. The average molecular weight is 326 g/mol. The van der Waals surface area contributed by atoms with E-state index in [4.69, 9.17) is 5.73 Å². The molecule has 0 fully saturated rings. The van der Waals surface area contributed by atoms with Crippen molar-refractivity contribution in [2.75, 3.05) is 25.6 Å². The predicted molar refractivity (Wildman–Crippen MR) is 76.5 cm³/mol. The molecule has 0 unspecified atom stereocenters. The van der Waals surface area contributed by atoms with E-state index in [1.165, 1.54) is 7.05 Å². The maximum absolute atomic E-state index is 12.2. The summed E-state index contributed by atoms with van der Waals surface area (Å²) in [5.41, 5.74) is 6.36. The highest BCUT2D eigenvalue weighted by Crippen LogP contribution is 2.27. The fourth-order valence-electron chi connectivity index (χ4n) is 1.39. The van der Waals surface area contributed by atoms with Gasteiger partial charge >= 0.3 is 0 Å². The summed E-state index contributed by atoms with van der Waals surface area (Å²) in [6.45, 7) is 2.03. The van der Waals surface area contributed by atoms with Crippen LogP contribution in [0.2, 0.25) is 0 Å². The quantitative estimate of drug-likeness (QED) is 0.804. The van der Waals surface area contributed by atoms with Crippen molar-refractivity contribution in [3.63, 3.8) is 0 Å². The van der Waals surface area contributed by atoms with E-state index in [0.29, 0.717) is 6.54 Å². The summed E-state index contributed by atoms with van der Waals surface area (Å²) in [6, 6.07) is 1.57. The van der Waals surface area contributed by atoms with Gasteiger partial charge < -0.3 is 5.73 Å². The molecule has 0 aliphatic heterocycles. The van der Waals surface area contributed by atoms with Crippen molar-refractivity contribution in [2.45, 2.75) is 17.7 Å². The number of sulfone groups is 1. The summed E-state index contributed by atoms with van der Waals surface area (Å²) in [6.07, 6.45) is 1.08. The van der Waals surface area contributed by atoms with Gasteiger partial charge in [-0.1, -0.05) is 0 Å². The standard InChI is InChI=1S/C10H18N2O4S3/c1-8-6-10(17-9(8)7-11)19(15,16)12(2)4-5-18(3,13)14/h6H,4-5,7,11H2,1-3H3. The number of hydrogen-bond donors (Lipinski definition) is 1. The van der Waals surface area contributed by atoms with Crippen LogP contribution in [0.5, 0.6) is 0 Å². The molecular formula is C10H18N2O4S3. The van der Waals surface area contributed by atoms with E-state index in [2.05, 4.69) is 0 Å². The molecule has 0 atom stereocenters. The Morgan fingerprint density at radius 1 is 1.32 bits per heavy atom. The fraction of sp³-hybridized carbons (Fsp3) is 0.600. The Kier molecular flexibility index (Phi) is 5.13. The van der Waals surface area contributed by atoms with Crippen LogP contribution in [-0.4, -0.2) is 46.7 Å². The molecule has 1 heterocycles. The van der Waals surface area contributed by atoms with Gasteiger partial charge in [0.25, 0.3) is 10.0 Å². The Bertz CT molecular complexity index is 646. The lowest BCUT2D eigenvalue weighted by Gasteiger charge is -2.15. The monoisotopic (exact) mass is 326 g/mol. The van der Waals surface area contributed by atoms with E-state index in [1.54, 1.807) is 13.0 Å². The third-order valence-electron chi connectivity index (χ3n) is 2.62. The highest BCUT2D eigenvalue weighted by molar-refractivity contribution is 7.91. The zero-order valence-electron chi connectivity index (χ0n) is 11.1. The molecule has 110 valence electrons. The largest absolute Gasteiger partial charge is 0.326 e. The van der Waals surface area contributed by atoms with Crippen molar-refractivity contribution < 1.29 is 16.8 Å². The summed E-state index contributed by atoms with van der Waals surface area (Å²) < 4.78 is 47.9. The molecule has 0 aliphatic rings. The summed E-state index contributed by atoms with van der Waals surface area (Å²) in [4.78, 5) is 0.815. The SMILES string of the molecule is Cc1cc(S(=O)(=O)N(C)CCS(C)(=O)=O)sc1CN. The second kappa shape index (κ2) is 5.88. The van der Waals surface area contributed by atoms with Crippen LogP contribution in [0.25, 0.3) is 0 Å². The van der Waals surface area contributed by atoms with Crippen molar-refractivity contribution in [1.82, 2.24) is 4.31 Å². The number of nitrogens with two attached hydrogens (primary N) is 1. The van der Waals surface area contributed by atoms with E-state index in [-0.39, 0.29) is 16.5 Å². The lowest BCUT2D eigenvalue weighted by molar-refractivity contribution is 0.486. The number of hydrogen-bond acceptors (Lipinski definition) is 6. The normalized spacial score (nSPS) is 13.1. The lowest BCUT2D eigenvalue weighted by atomic mass is 10.3. The Morgan fingerprint density at radius 2 is 1.89 bits per heavy atom. The van der Waals surface area contributed by atoms with Gasteiger partial charge in [-0.05, 0) is 18.6 Å². The first kappa shape index (κ1) is 16.6. The van der Waals surface area contributed by atoms with Gasteiger partial charge in [-0.3, -0.25) is 0 Å². The molecule has 0 saturated carbocycles. The fourth-order valence-corrected chi connectivity index (χ4v) is 4.96. The van der Waals surface area contributed by atoms with Crippen molar-refractivity contribution in [1.29, 1.82) is 0 Å². The van der Waals surface area contributed by atoms with Crippen LogP contribution in [0.15, 0.2) is 10.3 Å². The second-order valence-electron chi connectivity index (χ2n) is 4.33. The van der Waals surface area contributed by atoms with Gasteiger partial charge in [0.1, 0.15) is 14.0 Å². The highest BCUT2D eigenvalue weighted by Gasteiger charge is 2.24. The molecular weight excluding hydrogens is 308 g/mol. The number of rotatable bonds is 6. The molecule has 0 saturated heterocycles. The zero-order chi connectivity index (χ0) is 14.8. The molecule has 1 aromatic rings. The lowest BCUT2D eigenvalue weighted by Crippen LogP contribution is -2.31. The van der Waals surface area contributed by atoms with Crippen LogP contribution in [0.1, 0.15) is 10.4 Å². The summed E-state index contributed by atoms with van der Waals surface area (Å²) >= 11 is 1.12. The zero-order valence-corrected chi connectivity index (χ0v) is 13.5. The minimum Gasteiger partial charge on any atom is -0.326 e. The number of aryl methyl sites for hydroxylation is 1. The van der Waals surface area contributed by atoms with Gasteiger partial charge in [0, 0.05) is 31.3 Å². The maximum Gasteiger partial charge on any atom is 0.252 e. The van der Waals surface area contributed by atoms with Gasteiger partial charge in [0.05, 0.1) is 5.75 Å². The Labute approximate surface area is 118 Å². The molecule has 1 aromatic heterocycles. The molecule has 6 nitrogen and oxygen atoms in total. The van der Waals surface area contributed by atoms with Crippen molar-refractivity contribution in [3.8, 4) is 0 Å². The first-order chi connectivity index (χ1) is 8.58. The molecule has 0 aromatic carbocycles. The molecule has 0 aliphatic carbocycles. The summed E-state index contributed by atoms with van der Waals surface area (Å²) in [5, 5.41) is 0. The molecule has 0 radical (unpaired) electrons. The number of thiophene rings is 1. The molecule has 0 spiro atoms.